The molecule has 1 aliphatic rings. The maximum Gasteiger partial charge on any atom is 0.358 e. The third-order valence-electron chi connectivity index (χ3n) is 1.85. The van der Waals surface area contributed by atoms with Crippen LogP contribution in [0.15, 0.2) is 0 Å². The van der Waals surface area contributed by atoms with Crippen molar-refractivity contribution < 1.29 is 13.5 Å². The van der Waals surface area contributed by atoms with E-state index in [-0.39, 0.29) is 0 Å². The van der Waals surface area contributed by atoms with Gasteiger partial charge in [-0.2, -0.15) is 8.78 Å². The van der Waals surface area contributed by atoms with Crippen molar-refractivity contribution in [3.63, 3.8) is 0 Å². The normalized spacial score (nSPS) is 21.7. The maximum atomic E-state index is 12.4. The fourth-order valence-electron chi connectivity index (χ4n) is 0.911. The van der Waals surface area contributed by atoms with Crippen molar-refractivity contribution in [2.45, 2.75) is 25.4 Å². The van der Waals surface area contributed by atoms with Gasteiger partial charge in [-0.25, -0.2) is 0 Å². The number of rotatable bonds is 2. The fourth-order valence-corrected chi connectivity index (χ4v) is 0.911. The predicted molar refractivity (Wildman–Crippen MR) is 29.3 cm³/mol. The molecule has 1 fully saturated rings. The van der Waals surface area contributed by atoms with E-state index in [2.05, 4.69) is 4.74 Å². The quantitative estimate of drug-likeness (QED) is 0.564. The minimum absolute atomic E-state index is 0.512. The van der Waals surface area contributed by atoms with E-state index in [0.717, 1.165) is 13.5 Å². The van der Waals surface area contributed by atoms with Gasteiger partial charge in [-0.15, -0.1) is 0 Å². The third-order valence-corrected chi connectivity index (χ3v) is 1.85. The first-order valence-corrected chi connectivity index (χ1v) is 3.10. The van der Waals surface area contributed by atoms with Gasteiger partial charge in [0.05, 0.1) is 5.92 Å². The standard InChI is InChI=1S/C6H10F2O/c1-9-6(7,8)5-3-2-4-5/h5H,2-4H2,1H3. The monoisotopic (exact) mass is 136 g/mol. The van der Waals surface area contributed by atoms with Crippen LogP contribution in [-0.2, 0) is 4.74 Å². The molecule has 0 atom stereocenters. The molecular weight excluding hydrogens is 126 g/mol. The van der Waals surface area contributed by atoms with Gasteiger partial charge in [-0.05, 0) is 12.8 Å². The van der Waals surface area contributed by atoms with Gasteiger partial charge in [0.25, 0.3) is 0 Å². The Hall–Kier alpha value is -0.180. The van der Waals surface area contributed by atoms with Crippen LogP contribution >= 0.6 is 0 Å². The molecule has 1 nitrogen and oxygen atoms in total. The zero-order valence-electron chi connectivity index (χ0n) is 5.36. The number of alkyl halides is 2. The lowest BCUT2D eigenvalue weighted by molar-refractivity contribution is -0.270. The molecule has 1 rings (SSSR count). The molecule has 3 heteroatoms. The van der Waals surface area contributed by atoms with Crippen molar-refractivity contribution in [3.8, 4) is 0 Å². The lowest BCUT2D eigenvalue weighted by Crippen LogP contribution is -2.34. The summed E-state index contributed by atoms with van der Waals surface area (Å²) in [5, 5.41) is 0. The summed E-state index contributed by atoms with van der Waals surface area (Å²) in [6.45, 7) is 0. The molecule has 9 heavy (non-hydrogen) atoms. The van der Waals surface area contributed by atoms with Crippen LogP contribution in [0.5, 0.6) is 0 Å². The van der Waals surface area contributed by atoms with Gasteiger partial charge in [0.2, 0.25) is 0 Å². The first-order chi connectivity index (χ1) is 4.17. The highest BCUT2D eigenvalue weighted by atomic mass is 19.3. The molecule has 0 bridgehead atoms. The fraction of sp³-hybridized carbons (Fsp3) is 1.00. The lowest BCUT2D eigenvalue weighted by atomic mass is 9.84. The molecule has 0 spiro atoms. The van der Waals surface area contributed by atoms with E-state index in [1.807, 2.05) is 0 Å². The summed E-state index contributed by atoms with van der Waals surface area (Å²) >= 11 is 0. The second kappa shape index (κ2) is 2.21. The van der Waals surface area contributed by atoms with Crippen molar-refractivity contribution >= 4 is 0 Å². The molecule has 0 aliphatic heterocycles. The first-order valence-electron chi connectivity index (χ1n) is 3.10. The largest absolute Gasteiger partial charge is 0.358 e. The first kappa shape index (κ1) is 6.93. The number of hydrogen-bond acceptors (Lipinski definition) is 1. The Balaban J connectivity index is 2.37. The summed E-state index contributed by atoms with van der Waals surface area (Å²) in [5.41, 5.74) is 0. The van der Waals surface area contributed by atoms with Crippen molar-refractivity contribution in [2.75, 3.05) is 7.11 Å². The van der Waals surface area contributed by atoms with E-state index >= 15 is 0 Å². The highest BCUT2D eigenvalue weighted by Crippen LogP contribution is 2.39. The van der Waals surface area contributed by atoms with Crippen LogP contribution < -0.4 is 0 Å². The molecule has 0 radical (unpaired) electrons. The molecule has 0 aromatic rings. The summed E-state index contributed by atoms with van der Waals surface area (Å²) in [6.07, 6.45) is -0.719. The van der Waals surface area contributed by atoms with Gasteiger partial charge in [-0.3, -0.25) is 0 Å². The maximum absolute atomic E-state index is 12.4. The van der Waals surface area contributed by atoms with Crippen LogP contribution in [0.1, 0.15) is 19.3 Å². The van der Waals surface area contributed by atoms with Crippen LogP contribution in [0.4, 0.5) is 8.78 Å². The van der Waals surface area contributed by atoms with Gasteiger partial charge in [0, 0.05) is 7.11 Å². The van der Waals surface area contributed by atoms with E-state index < -0.39 is 12.0 Å². The molecule has 1 saturated carbocycles. The van der Waals surface area contributed by atoms with Gasteiger partial charge >= 0.3 is 6.11 Å². The summed E-state index contributed by atoms with van der Waals surface area (Å²) in [4.78, 5) is 0. The number of halogens is 2. The summed E-state index contributed by atoms with van der Waals surface area (Å²) in [5.74, 6) is -0.512. The van der Waals surface area contributed by atoms with E-state index in [9.17, 15) is 8.78 Å². The highest BCUT2D eigenvalue weighted by Gasteiger charge is 2.42. The predicted octanol–water partition coefficient (Wildman–Crippen LogP) is 2.03. The van der Waals surface area contributed by atoms with Gasteiger partial charge in [0.1, 0.15) is 0 Å². The second-order valence-corrected chi connectivity index (χ2v) is 2.39. The Morgan fingerprint density at radius 3 is 2.11 bits per heavy atom. The van der Waals surface area contributed by atoms with Crippen LogP contribution in [0.3, 0.4) is 0 Å². The summed E-state index contributed by atoms with van der Waals surface area (Å²) < 4.78 is 28.8. The van der Waals surface area contributed by atoms with Crippen LogP contribution in [-0.4, -0.2) is 13.2 Å². The molecule has 0 unspecified atom stereocenters. The zero-order chi connectivity index (χ0) is 6.91. The highest BCUT2D eigenvalue weighted by molar-refractivity contribution is 4.76. The molecule has 0 amide bonds. The number of hydrogen-bond donors (Lipinski definition) is 0. The summed E-state index contributed by atoms with van der Waals surface area (Å²) in [6, 6.07) is 0. The number of methoxy groups -OCH3 is 1. The van der Waals surface area contributed by atoms with Crippen LogP contribution in [0.2, 0.25) is 0 Å². The smallest absolute Gasteiger partial charge is 0.324 e. The molecular formula is C6H10F2O. The molecule has 0 saturated heterocycles. The minimum Gasteiger partial charge on any atom is -0.324 e. The van der Waals surface area contributed by atoms with Gasteiger partial charge in [0.15, 0.2) is 0 Å². The van der Waals surface area contributed by atoms with E-state index in [0.29, 0.717) is 12.8 Å². The molecule has 0 N–H and O–H groups in total. The van der Waals surface area contributed by atoms with Gasteiger partial charge < -0.3 is 4.74 Å². The van der Waals surface area contributed by atoms with Crippen molar-refractivity contribution in [2.24, 2.45) is 5.92 Å². The second-order valence-electron chi connectivity index (χ2n) is 2.39. The number of ether oxygens (including phenoxy) is 1. The van der Waals surface area contributed by atoms with E-state index in [1.165, 1.54) is 0 Å². The van der Waals surface area contributed by atoms with Crippen LogP contribution in [0.25, 0.3) is 0 Å². The van der Waals surface area contributed by atoms with Crippen LogP contribution in [0, 0.1) is 5.92 Å². The Kier molecular flexibility index (Phi) is 1.70. The lowest BCUT2D eigenvalue weighted by Gasteiger charge is -2.31. The average Bonchev–Trinajstić information content (AvgIpc) is 1.60. The SMILES string of the molecule is COC(F)(F)C1CCC1. The molecule has 1 aliphatic carbocycles. The van der Waals surface area contributed by atoms with Crippen molar-refractivity contribution in [1.82, 2.24) is 0 Å². The molecule has 54 valence electrons. The third kappa shape index (κ3) is 1.21. The zero-order valence-corrected chi connectivity index (χ0v) is 5.36. The Morgan fingerprint density at radius 1 is 1.44 bits per heavy atom. The summed E-state index contributed by atoms with van der Waals surface area (Å²) in [7, 11) is 1.05. The molecule has 0 aromatic carbocycles. The Morgan fingerprint density at radius 2 is 2.00 bits per heavy atom. The average molecular weight is 136 g/mol. The topological polar surface area (TPSA) is 9.23 Å². The van der Waals surface area contributed by atoms with E-state index in [1.54, 1.807) is 0 Å². The Labute approximate surface area is 53.0 Å². The molecule has 0 heterocycles. The van der Waals surface area contributed by atoms with Crippen molar-refractivity contribution in [1.29, 1.82) is 0 Å². The van der Waals surface area contributed by atoms with E-state index in [4.69, 9.17) is 0 Å². The molecule has 0 aromatic heterocycles. The minimum atomic E-state index is -2.86. The van der Waals surface area contributed by atoms with Crippen molar-refractivity contribution in [3.05, 3.63) is 0 Å². The Bertz CT molecular complexity index is 99.2. The van der Waals surface area contributed by atoms with Gasteiger partial charge in [-0.1, -0.05) is 6.42 Å².